The summed E-state index contributed by atoms with van der Waals surface area (Å²) in [7, 11) is 0. The summed E-state index contributed by atoms with van der Waals surface area (Å²) < 4.78 is 11.3. The summed E-state index contributed by atoms with van der Waals surface area (Å²) in [4.78, 5) is 39.2. The lowest BCUT2D eigenvalue weighted by Crippen LogP contribution is -2.27. The van der Waals surface area contributed by atoms with Gasteiger partial charge in [-0.2, -0.15) is 0 Å². The molecule has 208 valence electrons. The molecular weight excluding hydrogens is 514 g/mol. The fourth-order valence-electron chi connectivity index (χ4n) is 4.98. The fraction of sp³-hybridized carbons (Fsp3) is 0.229. The number of carbonyl (C=O) groups excluding carboxylic acids is 3. The molecule has 0 unspecified atom stereocenters. The van der Waals surface area contributed by atoms with Crippen LogP contribution in [0.2, 0.25) is 0 Å². The number of amides is 1. The van der Waals surface area contributed by atoms with Gasteiger partial charge in [-0.3, -0.25) is 14.4 Å². The molecule has 0 aliphatic carbocycles. The third-order valence-corrected chi connectivity index (χ3v) is 7.63. The van der Waals surface area contributed by atoms with Gasteiger partial charge in [-0.25, -0.2) is 0 Å². The molecule has 1 amide bonds. The van der Waals surface area contributed by atoms with Crippen molar-refractivity contribution in [1.29, 1.82) is 0 Å². The third-order valence-electron chi connectivity index (χ3n) is 7.63. The lowest BCUT2D eigenvalue weighted by atomic mass is 9.78. The van der Waals surface area contributed by atoms with E-state index in [-0.39, 0.29) is 36.7 Å². The predicted octanol–water partition coefficient (Wildman–Crippen LogP) is 6.89. The van der Waals surface area contributed by atoms with Crippen molar-refractivity contribution in [2.24, 2.45) is 5.92 Å². The SMILES string of the molecule is Cc1ccc(C(=O)COC(=O)[C@H]2CC(=O)N(c3ccc(Oc4ccc(C(C)(C)c5ccccc5)cc4)cc3)C2)cc1. The molecule has 0 saturated carbocycles. The van der Waals surface area contributed by atoms with Gasteiger partial charge in [0.15, 0.2) is 12.4 Å². The lowest BCUT2D eigenvalue weighted by molar-refractivity contribution is -0.147. The smallest absolute Gasteiger partial charge is 0.311 e. The van der Waals surface area contributed by atoms with Crippen LogP contribution in [0.25, 0.3) is 0 Å². The van der Waals surface area contributed by atoms with Gasteiger partial charge in [0.25, 0.3) is 0 Å². The Morgan fingerprint density at radius 3 is 2.02 bits per heavy atom. The molecule has 0 bridgehead atoms. The molecule has 1 fully saturated rings. The number of ketones is 1. The summed E-state index contributed by atoms with van der Waals surface area (Å²) in [5, 5.41) is 0. The maximum Gasteiger partial charge on any atom is 0.311 e. The van der Waals surface area contributed by atoms with Crippen LogP contribution in [0.1, 0.15) is 47.3 Å². The van der Waals surface area contributed by atoms with Gasteiger partial charge in [0.1, 0.15) is 11.5 Å². The molecule has 4 aromatic carbocycles. The zero-order valence-electron chi connectivity index (χ0n) is 23.5. The van der Waals surface area contributed by atoms with E-state index in [1.807, 2.05) is 37.3 Å². The van der Waals surface area contributed by atoms with E-state index in [0.29, 0.717) is 22.7 Å². The zero-order valence-corrected chi connectivity index (χ0v) is 23.5. The second kappa shape index (κ2) is 11.8. The monoisotopic (exact) mass is 547 g/mol. The van der Waals surface area contributed by atoms with Crippen molar-refractivity contribution in [3.8, 4) is 11.5 Å². The highest BCUT2D eigenvalue weighted by atomic mass is 16.5. The Morgan fingerprint density at radius 1 is 0.805 bits per heavy atom. The van der Waals surface area contributed by atoms with E-state index in [1.165, 1.54) is 11.1 Å². The van der Waals surface area contributed by atoms with Crippen molar-refractivity contribution in [1.82, 2.24) is 0 Å². The average molecular weight is 548 g/mol. The van der Waals surface area contributed by atoms with Crippen LogP contribution in [0.15, 0.2) is 103 Å². The van der Waals surface area contributed by atoms with Gasteiger partial charge >= 0.3 is 5.97 Å². The predicted molar refractivity (Wildman–Crippen MR) is 158 cm³/mol. The van der Waals surface area contributed by atoms with E-state index in [9.17, 15) is 14.4 Å². The Morgan fingerprint density at radius 2 is 1.39 bits per heavy atom. The maximum atomic E-state index is 12.7. The van der Waals surface area contributed by atoms with Crippen LogP contribution < -0.4 is 9.64 Å². The van der Waals surface area contributed by atoms with Gasteiger partial charge in [-0.15, -0.1) is 0 Å². The molecule has 6 heteroatoms. The second-order valence-electron chi connectivity index (χ2n) is 10.9. The molecule has 1 heterocycles. The lowest BCUT2D eigenvalue weighted by Gasteiger charge is -2.26. The summed E-state index contributed by atoms with van der Waals surface area (Å²) in [6.45, 7) is 6.19. The molecule has 1 atom stereocenters. The first kappa shape index (κ1) is 27.8. The fourth-order valence-corrected chi connectivity index (χ4v) is 4.98. The molecule has 1 aliphatic rings. The number of anilines is 1. The summed E-state index contributed by atoms with van der Waals surface area (Å²) in [5.41, 5.74) is 4.50. The van der Waals surface area contributed by atoms with Crippen molar-refractivity contribution in [2.75, 3.05) is 18.1 Å². The molecule has 41 heavy (non-hydrogen) atoms. The standard InChI is InChI=1S/C35H33NO5/c1-24-9-11-25(12-10-24)32(37)23-40-34(39)26-21-33(38)36(22-26)29-15-19-31(20-16-29)41-30-17-13-28(14-18-30)35(2,3)27-7-5-4-6-8-27/h4-20,26H,21-23H2,1-3H3/t26-/m0/s1. The number of nitrogens with zero attached hydrogens (tertiary/aromatic N) is 1. The summed E-state index contributed by atoms with van der Waals surface area (Å²) >= 11 is 0. The van der Waals surface area contributed by atoms with Crippen molar-refractivity contribution >= 4 is 23.3 Å². The van der Waals surface area contributed by atoms with E-state index >= 15 is 0 Å². The number of hydrogen-bond donors (Lipinski definition) is 0. The molecule has 0 radical (unpaired) electrons. The highest BCUT2D eigenvalue weighted by Gasteiger charge is 2.36. The Hall–Kier alpha value is -4.71. The summed E-state index contributed by atoms with van der Waals surface area (Å²) in [6, 6.07) is 32.8. The number of benzene rings is 4. The number of esters is 1. The molecule has 0 N–H and O–H groups in total. The minimum absolute atomic E-state index is 0.0431. The Labute approximate surface area is 240 Å². The van der Waals surface area contributed by atoms with Gasteiger partial charge in [0.2, 0.25) is 5.91 Å². The molecule has 5 rings (SSSR count). The molecule has 0 spiro atoms. The minimum atomic E-state index is -0.622. The molecule has 4 aromatic rings. The van der Waals surface area contributed by atoms with Crippen molar-refractivity contribution in [2.45, 2.75) is 32.6 Å². The molecule has 6 nitrogen and oxygen atoms in total. The maximum absolute atomic E-state index is 12.7. The van der Waals surface area contributed by atoms with Crippen LogP contribution in [-0.4, -0.2) is 30.8 Å². The van der Waals surface area contributed by atoms with Crippen LogP contribution in [0.5, 0.6) is 11.5 Å². The molecule has 1 aliphatic heterocycles. The average Bonchev–Trinajstić information content (AvgIpc) is 3.39. The van der Waals surface area contributed by atoms with Gasteiger partial charge in [-0.05, 0) is 54.4 Å². The number of Topliss-reactive ketones (excluding diaryl/α,β-unsaturated/α-hetero) is 1. The first-order chi connectivity index (χ1) is 19.7. The minimum Gasteiger partial charge on any atom is -0.457 e. The molecule has 1 saturated heterocycles. The van der Waals surface area contributed by atoms with Crippen LogP contribution in [0.4, 0.5) is 5.69 Å². The molecular formula is C35H33NO5. The highest BCUT2D eigenvalue weighted by molar-refractivity contribution is 6.01. The summed E-state index contributed by atoms with van der Waals surface area (Å²) in [6.07, 6.45) is 0.0431. The van der Waals surface area contributed by atoms with Gasteiger partial charge < -0.3 is 14.4 Å². The normalized spacial score (nSPS) is 15.0. The molecule has 0 aromatic heterocycles. The first-order valence-corrected chi connectivity index (χ1v) is 13.7. The highest BCUT2D eigenvalue weighted by Crippen LogP contribution is 2.34. The zero-order chi connectivity index (χ0) is 29.0. The number of aryl methyl sites for hydroxylation is 1. The van der Waals surface area contributed by atoms with Crippen LogP contribution >= 0.6 is 0 Å². The van der Waals surface area contributed by atoms with Gasteiger partial charge in [-0.1, -0.05) is 86.1 Å². The van der Waals surface area contributed by atoms with E-state index in [4.69, 9.17) is 9.47 Å². The number of rotatable bonds is 9. The Balaban J connectivity index is 1.16. The van der Waals surface area contributed by atoms with E-state index in [2.05, 4.69) is 50.2 Å². The largest absolute Gasteiger partial charge is 0.457 e. The van der Waals surface area contributed by atoms with Gasteiger partial charge in [0.05, 0.1) is 5.92 Å². The van der Waals surface area contributed by atoms with Crippen LogP contribution in [-0.2, 0) is 19.7 Å². The van der Waals surface area contributed by atoms with Crippen molar-refractivity contribution in [3.05, 3.63) is 125 Å². The van der Waals surface area contributed by atoms with E-state index in [1.54, 1.807) is 41.3 Å². The summed E-state index contributed by atoms with van der Waals surface area (Å²) in [5.74, 6) is -0.249. The van der Waals surface area contributed by atoms with Crippen LogP contribution in [0, 0.1) is 12.8 Å². The van der Waals surface area contributed by atoms with Crippen LogP contribution in [0.3, 0.4) is 0 Å². The number of hydrogen-bond acceptors (Lipinski definition) is 5. The topological polar surface area (TPSA) is 72.9 Å². The Kier molecular flexibility index (Phi) is 8.02. The second-order valence-corrected chi connectivity index (χ2v) is 10.9. The van der Waals surface area contributed by atoms with E-state index in [0.717, 1.165) is 5.56 Å². The van der Waals surface area contributed by atoms with Crippen molar-refractivity contribution < 1.29 is 23.9 Å². The Bertz CT molecular complexity index is 1520. The van der Waals surface area contributed by atoms with Crippen molar-refractivity contribution in [3.63, 3.8) is 0 Å². The van der Waals surface area contributed by atoms with Gasteiger partial charge in [0, 0.05) is 29.6 Å². The quantitative estimate of drug-likeness (QED) is 0.169. The number of carbonyl (C=O) groups is 3. The first-order valence-electron chi connectivity index (χ1n) is 13.7. The number of ether oxygens (including phenoxy) is 2. The van der Waals surface area contributed by atoms with E-state index < -0.39 is 11.9 Å². The third kappa shape index (κ3) is 6.38.